The fourth-order valence-corrected chi connectivity index (χ4v) is 4.75. The Morgan fingerprint density at radius 1 is 0.967 bits per heavy atom. The molecule has 0 atom stereocenters. The molecule has 0 fully saturated rings. The molecule has 0 saturated carbocycles. The monoisotopic (exact) mass is 434 g/mol. The summed E-state index contributed by atoms with van der Waals surface area (Å²) in [6.45, 7) is 8.33. The molecule has 30 heavy (non-hydrogen) atoms. The van der Waals surface area contributed by atoms with E-state index in [0.717, 1.165) is 26.5 Å². The molecular formula is C23H22N4OS2. The van der Waals surface area contributed by atoms with Crippen molar-refractivity contribution in [1.29, 1.82) is 0 Å². The zero-order chi connectivity index (χ0) is 21.3. The minimum absolute atomic E-state index is 0.105. The number of fused-ring (bicyclic) bond motifs is 1. The first kappa shape index (κ1) is 20.5. The van der Waals surface area contributed by atoms with E-state index >= 15 is 0 Å². The minimum Gasteiger partial charge on any atom is -0.301 e. The molecule has 0 spiro atoms. The van der Waals surface area contributed by atoms with Crippen molar-refractivity contribution >= 4 is 44.4 Å². The van der Waals surface area contributed by atoms with E-state index in [1.54, 1.807) is 0 Å². The minimum atomic E-state index is -0.105. The van der Waals surface area contributed by atoms with Crippen LogP contribution in [0.1, 0.15) is 22.3 Å². The Bertz CT molecular complexity index is 1230. The number of anilines is 1. The second kappa shape index (κ2) is 8.53. The summed E-state index contributed by atoms with van der Waals surface area (Å²) in [7, 11) is 0. The predicted molar refractivity (Wildman–Crippen MR) is 125 cm³/mol. The first-order valence-electron chi connectivity index (χ1n) is 9.61. The van der Waals surface area contributed by atoms with Crippen molar-refractivity contribution in [1.82, 2.24) is 15.2 Å². The van der Waals surface area contributed by atoms with E-state index in [2.05, 4.69) is 59.5 Å². The van der Waals surface area contributed by atoms with Crippen molar-refractivity contribution in [2.24, 2.45) is 0 Å². The lowest BCUT2D eigenvalue weighted by Crippen LogP contribution is -2.13. The van der Waals surface area contributed by atoms with Crippen molar-refractivity contribution in [2.45, 2.75) is 32.7 Å². The first-order chi connectivity index (χ1) is 14.4. The number of nitrogens with zero attached hydrogens (tertiary/aromatic N) is 3. The standard InChI is InChI=1S/C23H22N4OS2/c1-13-5-6-19-20(9-13)30-23(24-19)25-21(28)12-29-22-8-7-18(26-27-22)17-11-15(3)14(2)10-16(17)4/h5-11H,12H2,1-4H3,(H,24,25,28). The van der Waals surface area contributed by atoms with Gasteiger partial charge in [0.25, 0.3) is 0 Å². The van der Waals surface area contributed by atoms with Crippen molar-refractivity contribution < 1.29 is 4.79 Å². The van der Waals surface area contributed by atoms with Crippen LogP contribution < -0.4 is 5.32 Å². The lowest BCUT2D eigenvalue weighted by molar-refractivity contribution is -0.113. The maximum Gasteiger partial charge on any atom is 0.236 e. The number of thioether (sulfide) groups is 1. The van der Waals surface area contributed by atoms with Crippen LogP contribution in [0.25, 0.3) is 21.5 Å². The maximum absolute atomic E-state index is 12.3. The molecule has 0 unspecified atom stereocenters. The number of amides is 1. The second-order valence-electron chi connectivity index (χ2n) is 7.34. The van der Waals surface area contributed by atoms with Crippen LogP contribution in [0, 0.1) is 27.7 Å². The van der Waals surface area contributed by atoms with Crippen LogP contribution in [0.4, 0.5) is 5.13 Å². The molecule has 2 aromatic carbocycles. The highest BCUT2D eigenvalue weighted by Crippen LogP contribution is 2.28. The normalized spacial score (nSPS) is 11.1. The van der Waals surface area contributed by atoms with Gasteiger partial charge >= 0.3 is 0 Å². The average molecular weight is 435 g/mol. The van der Waals surface area contributed by atoms with Gasteiger partial charge in [0.2, 0.25) is 5.91 Å². The molecule has 1 N–H and O–H groups in total. The lowest BCUT2D eigenvalue weighted by Gasteiger charge is -2.09. The number of benzene rings is 2. The zero-order valence-electron chi connectivity index (χ0n) is 17.3. The van der Waals surface area contributed by atoms with Crippen molar-refractivity contribution in [2.75, 3.05) is 11.1 Å². The molecule has 1 amide bonds. The van der Waals surface area contributed by atoms with Gasteiger partial charge in [0.15, 0.2) is 5.13 Å². The highest BCUT2D eigenvalue weighted by molar-refractivity contribution is 7.99. The van der Waals surface area contributed by atoms with Crippen molar-refractivity contribution in [3.05, 3.63) is 64.7 Å². The molecule has 0 aliphatic carbocycles. The van der Waals surface area contributed by atoms with E-state index in [-0.39, 0.29) is 11.7 Å². The summed E-state index contributed by atoms with van der Waals surface area (Å²) in [6.07, 6.45) is 0. The quantitative estimate of drug-likeness (QED) is 0.407. The third kappa shape index (κ3) is 4.52. The van der Waals surface area contributed by atoms with Gasteiger partial charge in [0.1, 0.15) is 5.03 Å². The number of hydrogen-bond acceptors (Lipinski definition) is 6. The van der Waals surface area contributed by atoms with Gasteiger partial charge in [0.05, 0.1) is 21.7 Å². The molecule has 5 nitrogen and oxygen atoms in total. The van der Waals surface area contributed by atoms with E-state index in [1.165, 1.54) is 45.4 Å². The summed E-state index contributed by atoms with van der Waals surface area (Å²) < 4.78 is 1.07. The number of carbonyl (C=O) groups is 1. The van der Waals surface area contributed by atoms with Crippen LogP contribution in [0.2, 0.25) is 0 Å². The number of thiazole rings is 1. The number of carbonyl (C=O) groups excluding carboxylic acids is 1. The Morgan fingerprint density at radius 3 is 2.53 bits per heavy atom. The third-order valence-electron chi connectivity index (χ3n) is 4.90. The summed E-state index contributed by atoms with van der Waals surface area (Å²) in [5, 5.41) is 12.9. The molecule has 2 heterocycles. The molecule has 0 aliphatic heterocycles. The van der Waals surface area contributed by atoms with Crippen LogP contribution >= 0.6 is 23.1 Å². The summed E-state index contributed by atoms with van der Waals surface area (Å²) in [6, 6.07) is 14.3. The topological polar surface area (TPSA) is 67.8 Å². The van der Waals surface area contributed by atoms with E-state index in [4.69, 9.17) is 0 Å². The Kier molecular flexibility index (Phi) is 5.83. The van der Waals surface area contributed by atoms with E-state index in [9.17, 15) is 4.79 Å². The number of aryl methyl sites for hydroxylation is 4. The van der Waals surface area contributed by atoms with Crippen LogP contribution in [-0.2, 0) is 4.79 Å². The Hall–Kier alpha value is -2.77. The van der Waals surface area contributed by atoms with Crippen molar-refractivity contribution in [3.63, 3.8) is 0 Å². The molecule has 2 aromatic heterocycles. The molecule has 4 aromatic rings. The fourth-order valence-electron chi connectivity index (χ4n) is 3.16. The molecule has 7 heteroatoms. The first-order valence-corrected chi connectivity index (χ1v) is 11.4. The Balaban J connectivity index is 1.38. The molecule has 0 radical (unpaired) electrons. The Labute approximate surface area is 184 Å². The largest absolute Gasteiger partial charge is 0.301 e. The van der Waals surface area contributed by atoms with E-state index in [0.29, 0.717) is 5.13 Å². The number of rotatable bonds is 5. The fraction of sp³-hybridized carbons (Fsp3) is 0.217. The van der Waals surface area contributed by atoms with Crippen molar-refractivity contribution in [3.8, 4) is 11.3 Å². The zero-order valence-corrected chi connectivity index (χ0v) is 18.9. The predicted octanol–water partition coefficient (Wildman–Crippen LogP) is 5.72. The SMILES string of the molecule is Cc1ccc2nc(NC(=O)CSc3ccc(-c4cc(C)c(C)cc4C)nn3)sc2c1. The number of aromatic nitrogens is 3. The molecule has 4 rings (SSSR count). The van der Waals surface area contributed by atoms with Gasteiger partial charge in [-0.2, -0.15) is 0 Å². The number of nitrogens with one attached hydrogen (secondary N) is 1. The van der Waals surface area contributed by atoms with E-state index < -0.39 is 0 Å². The summed E-state index contributed by atoms with van der Waals surface area (Å²) >= 11 is 2.85. The van der Waals surface area contributed by atoms with Crippen LogP contribution in [-0.4, -0.2) is 26.8 Å². The molecular weight excluding hydrogens is 412 g/mol. The van der Waals surface area contributed by atoms with Crippen LogP contribution in [0.3, 0.4) is 0 Å². The second-order valence-corrected chi connectivity index (χ2v) is 9.36. The smallest absolute Gasteiger partial charge is 0.236 e. The molecule has 0 saturated heterocycles. The van der Waals surface area contributed by atoms with Gasteiger partial charge in [-0.1, -0.05) is 35.2 Å². The average Bonchev–Trinajstić information content (AvgIpc) is 3.11. The van der Waals surface area contributed by atoms with Gasteiger partial charge in [-0.05, 0) is 80.3 Å². The van der Waals surface area contributed by atoms with Gasteiger partial charge in [0, 0.05) is 5.56 Å². The lowest BCUT2D eigenvalue weighted by atomic mass is 9.99. The summed E-state index contributed by atoms with van der Waals surface area (Å²) in [5.41, 5.74) is 7.69. The highest BCUT2D eigenvalue weighted by Gasteiger charge is 2.11. The van der Waals surface area contributed by atoms with Gasteiger partial charge < -0.3 is 5.32 Å². The number of hydrogen-bond donors (Lipinski definition) is 1. The summed E-state index contributed by atoms with van der Waals surface area (Å²) in [4.78, 5) is 16.8. The summed E-state index contributed by atoms with van der Waals surface area (Å²) in [5.74, 6) is 0.151. The van der Waals surface area contributed by atoms with Crippen LogP contribution in [0.5, 0.6) is 0 Å². The molecule has 152 valence electrons. The van der Waals surface area contributed by atoms with E-state index in [1.807, 2.05) is 31.2 Å². The van der Waals surface area contributed by atoms with Gasteiger partial charge in [-0.15, -0.1) is 10.2 Å². The molecule has 0 aliphatic rings. The maximum atomic E-state index is 12.3. The Morgan fingerprint density at radius 2 is 1.77 bits per heavy atom. The van der Waals surface area contributed by atoms with Crippen LogP contribution in [0.15, 0.2) is 47.5 Å². The highest BCUT2D eigenvalue weighted by atomic mass is 32.2. The van der Waals surface area contributed by atoms with Gasteiger partial charge in [-0.25, -0.2) is 4.98 Å². The third-order valence-corrected chi connectivity index (χ3v) is 6.75. The molecule has 0 bridgehead atoms. The van der Waals surface area contributed by atoms with Gasteiger partial charge in [-0.3, -0.25) is 4.79 Å².